The molecule has 45 heavy (non-hydrogen) atoms. The number of rotatable bonds is 3. The van der Waals surface area contributed by atoms with Crippen molar-refractivity contribution in [2.45, 2.75) is 0 Å². The van der Waals surface area contributed by atoms with E-state index in [4.69, 9.17) is 4.98 Å². The first-order chi connectivity index (χ1) is 22.4. The molecule has 210 valence electrons. The lowest BCUT2D eigenvalue weighted by atomic mass is 10.1. The predicted octanol–water partition coefficient (Wildman–Crippen LogP) is 10.4. The maximum absolute atomic E-state index is 4.74. The van der Waals surface area contributed by atoms with Crippen molar-refractivity contribution >= 4 is 65.4 Å². The van der Waals surface area contributed by atoms with Gasteiger partial charge < -0.3 is 9.13 Å². The maximum Gasteiger partial charge on any atom is 0.137 e. The second-order valence-electron chi connectivity index (χ2n) is 11.6. The number of nitrogens with zero attached hydrogens (tertiary/aromatic N) is 4. The largest absolute Gasteiger partial charge is 0.309 e. The number of fused-ring (bicyclic) bond motifs is 10. The molecule has 10 aromatic rings. The van der Waals surface area contributed by atoms with E-state index in [9.17, 15) is 0 Å². The molecule has 4 nitrogen and oxygen atoms in total. The molecule has 0 aliphatic heterocycles. The van der Waals surface area contributed by atoms with Gasteiger partial charge in [0.15, 0.2) is 0 Å². The van der Waals surface area contributed by atoms with Crippen LogP contribution in [-0.4, -0.2) is 18.7 Å². The average molecular weight is 575 g/mol. The van der Waals surface area contributed by atoms with Gasteiger partial charge in [0, 0.05) is 49.9 Å². The van der Waals surface area contributed by atoms with Crippen LogP contribution in [0.15, 0.2) is 158 Å². The number of aromatic nitrogens is 4. The summed E-state index contributed by atoms with van der Waals surface area (Å²) >= 11 is 0. The number of benzene rings is 6. The summed E-state index contributed by atoms with van der Waals surface area (Å²) in [6.07, 6.45) is 1.86. The minimum Gasteiger partial charge on any atom is -0.309 e. The van der Waals surface area contributed by atoms with Crippen molar-refractivity contribution in [1.82, 2.24) is 18.7 Å². The summed E-state index contributed by atoms with van der Waals surface area (Å²) in [6.45, 7) is 0. The van der Waals surface area contributed by atoms with Crippen LogP contribution in [0.1, 0.15) is 0 Å². The van der Waals surface area contributed by atoms with E-state index in [1.54, 1.807) is 0 Å². The highest BCUT2D eigenvalue weighted by Gasteiger charge is 2.20. The van der Waals surface area contributed by atoms with E-state index < -0.39 is 0 Å². The molecule has 0 bridgehead atoms. The van der Waals surface area contributed by atoms with Crippen molar-refractivity contribution in [2.24, 2.45) is 0 Å². The van der Waals surface area contributed by atoms with Gasteiger partial charge in [0.25, 0.3) is 0 Å². The number of pyridine rings is 1. The summed E-state index contributed by atoms with van der Waals surface area (Å²) in [5.74, 6) is 0.924. The van der Waals surface area contributed by atoms with E-state index in [-0.39, 0.29) is 0 Å². The molecule has 0 radical (unpaired) electrons. The Labute approximate surface area is 258 Å². The summed E-state index contributed by atoms with van der Waals surface area (Å²) in [5.41, 5.74) is 9.43. The smallest absolute Gasteiger partial charge is 0.137 e. The van der Waals surface area contributed by atoms with Gasteiger partial charge >= 0.3 is 0 Å². The van der Waals surface area contributed by atoms with Crippen molar-refractivity contribution in [3.05, 3.63) is 158 Å². The highest BCUT2D eigenvalue weighted by Crippen LogP contribution is 2.42. The molecule has 0 fully saturated rings. The van der Waals surface area contributed by atoms with Gasteiger partial charge in [0.1, 0.15) is 5.82 Å². The van der Waals surface area contributed by atoms with Gasteiger partial charge in [0.2, 0.25) is 0 Å². The van der Waals surface area contributed by atoms with E-state index in [0.717, 1.165) is 28.2 Å². The molecule has 4 heteroatoms. The van der Waals surface area contributed by atoms with Crippen LogP contribution >= 0.6 is 0 Å². The van der Waals surface area contributed by atoms with E-state index in [2.05, 4.69) is 159 Å². The molecule has 0 saturated carbocycles. The standard InChI is InChI=1S/C41H26N4/c1-5-15-33-29(11-1)30-12-2-6-16-34(30)43(33)27-20-22-28(23-21-27)44-35-17-7-3-13-31(35)40-37(44)24-25-38-41(40)32-14-4-8-18-36(32)45(38)39-19-9-10-26-42-39/h1-26H. The van der Waals surface area contributed by atoms with Crippen LogP contribution in [0.5, 0.6) is 0 Å². The molecule has 0 aliphatic carbocycles. The highest BCUT2D eigenvalue weighted by molar-refractivity contribution is 6.28. The number of hydrogen-bond donors (Lipinski definition) is 0. The van der Waals surface area contributed by atoms with Gasteiger partial charge in [-0.1, -0.05) is 78.9 Å². The fourth-order valence-electron chi connectivity index (χ4n) is 7.48. The summed E-state index contributed by atoms with van der Waals surface area (Å²) < 4.78 is 7.07. The van der Waals surface area contributed by atoms with Crippen LogP contribution in [0.2, 0.25) is 0 Å². The molecule has 10 rings (SSSR count). The first-order valence-corrected chi connectivity index (χ1v) is 15.3. The Morgan fingerprint density at radius 2 is 0.711 bits per heavy atom. The van der Waals surface area contributed by atoms with E-state index in [1.807, 2.05) is 12.3 Å². The Bertz CT molecular complexity index is 2690. The summed E-state index contributed by atoms with van der Waals surface area (Å²) in [4.78, 5) is 4.74. The molecule has 4 aromatic heterocycles. The Balaban J connectivity index is 1.24. The van der Waals surface area contributed by atoms with Crippen molar-refractivity contribution in [2.75, 3.05) is 0 Å². The van der Waals surface area contributed by atoms with Crippen LogP contribution in [0.4, 0.5) is 0 Å². The normalized spacial score (nSPS) is 12.0. The van der Waals surface area contributed by atoms with Gasteiger partial charge in [-0.25, -0.2) is 4.98 Å². The molecule has 0 atom stereocenters. The van der Waals surface area contributed by atoms with Crippen molar-refractivity contribution in [3.8, 4) is 17.2 Å². The number of hydrogen-bond acceptors (Lipinski definition) is 1. The van der Waals surface area contributed by atoms with E-state index >= 15 is 0 Å². The fourth-order valence-corrected chi connectivity index (χ4v) is 7.48. The van der Waals surface area contributed by atoms with E-state index in [1.165, 1.54) is 54.4 Å². The van der Waals surface area contributed by atoms with Crippen molar-refractivity contribution in [3.63, 3.8) is 0 Å². The molecule has 0 saturated heterocycles. The van der Waals surface area contributed by atoms with Crippen molar-refractivity contribution < 1.29 is 0 Å². The lowest BCUT2D eigenvalue weighted by Crippen LogP contribution is -1.97. The number of para-hydroxylation sites is 4. The molecular weight excluding hydrogens is 548 g/mol. The molecule has 0 amide bonds. The molecule has 0 spiro atoms. The van der Waals surface area contributed by atoms with Crippen LogP contribution in [0, 0.1) is 0 Å². The molecule has 4 heterocycles. The third-order valence-corrected chi connectivity index (χ3v) is 9.30. The van der Waals surface area contributed by atoms with Crippen molar-refractivity contribution in [1.29, 1.82) is 0 Å². The minimum absolute atomic E-state index is 0.924. The quantitative estimate of drug-likeness (QED) is 0.206. The second-order valence-corrected chi connectivity index (χ2v) is 11.6. The van der Waals surface area contributed by atoms with Gasteiger partial charge in [-0.05, 0) is 72.8 Å². The van der Waals surface area contributed by atoms with Crippen LogP contribution < -0.4 is 0 Å². The Morgan fingerprint density at radius 1 is 0.311 bits per heavy atom. The Kier molecular flexibility index (Phi) is 4.96. The lowest BCUT2D eigenvalue weighted by Gasteiger charge is -2.12. The first-order valence-electron chi connectivity index (χ1n) is 15.3. The van der Waals surface area contributed by atoms with E-state index in [0.29, 0.717) is 0 Å². The SMILES string of the molecule is c1ccc(-n2c3ccccc3c3c4c5ccccc5n(-c5ccc(-n6c7ccccc7c7ccccc76)cc5)c4ccc32)nc1. The zero-order valence-corrected chi connectivity index (χ0v) is 24.3. The first kappa shape index (κ1) is 24.3. The fraction of sp³-hybridized carbons (Fsp3) is 0. The van der Waals surface area contributed by atoms with Gasteiger partial charge in [-0.15, -0.1) is 0 Å². The predicted molar refractivity (Wildman–Crippen MR) is 187 cm³/mol. The topological polar surface area (TPSA) is 27.7 Å². The van der Waals surface area contributed by atoms with Crippen LogP contribution in [-0.2, 0) is 0 Å². The monoisotopic (exact) mass is 574 g/mol. The average Bonchev–Trinajstić information content (AvgIpc) is 3.74. The zero-order valence-electron chi connectivity index (χ0n) is 24.3. The zero-order chi connectivity index (χ0) is 29.5. The third-order valence-electron chi connectivity index (χ3n) is 9.30. The molecule has 0 N–H and O–H groups in total. The summed E-state index contributed by atoms with van der Waals surface area (Å²) in [7, 11) is 0. The third kappa shape index (κ3) is 3.34. The van der Waals surface area contributed by atoms with Gasteiger partial charge in [-0.3, -0.25) is 4.57 Å². The Hall–Kier alpha value is -6.13. The lowest BCUT2D eigenvalue weighted by molar-refractivity contribution is 1.08. The maximum atomic E-state index is 4.74. The summed E-state index contributed by atoms with van der Waals surface area (Å²) in [5, 5.41) is 7.54. The van der Waals surface area contributed by atoms with Crippen LogP contribution in [0.3, 0.4) is 0 Å². The Morgan fingerprint density at radius 3 is 1.22 bits per heavy atom. The minimum atomic E-state index is 0.924. The molecular formula is C41H26N4. The molecule has 0 unspecified atom stereocenters. The van der Waals surface area contributed by atoms with Crippen LogP contribution in [0.25, 0.3) is 82.6 Å². The van der Waals surface area contributed by atoms with Gasteiger partial charge in [-0.2, -0.15) is 0 Å². The molecule has 6 aromatic carbocycles. The summed E-state index contributed by atoms with van der Waals surface area (Å²) in [6, 6.07) is 54.4. The molecule has 0 aliphatic rings. The second kappa shape index (κ2) is 9.18. The van der Waals surface area contributed by atoms with Gasteiger partial charge in [0.05, 0.1) is 33.1 Å². The highest BCUT2D eigenvalue weighted by atomic mass is 15.1.